The monoisotopic (exact) mass is 254 g/mol. The molecule has 0 fully saturated rings. The zero-order chi connectivity index (χ0) is 13.2. The molecule has 0 radical (unpaired) electrons. The quantitative estimate of drug-likeness (QED) is 0.885. The molecule has 0 bridgehead atoms. The largest absolute Gasteiger partial charge is 0.372 e. The summed E-state index contributed by atoms with van der Waals surface area (Å²) < 4.78 is 0. The highest BCUT2D eigenvalue weighted by atomic mass is 16.2. The average molecular weight is 254 g/mol. The van der Waals surface area contributed by atoms with E-state index in [1.807, 2.05) is 12.1 Å². The fourth-order valence-corrected chi connectivity index (χ4v) is 2.22. The zero-order valence-electron chi connectivity index (χ0n) is 10.6. The molecule has 3 rings (SSSR count). The highest BCUT2D eigenvalue weighted by Gasteiger charge is 2.24. The molecule has 1 N–H and O–H groups in total. The molecule has 0 atom stereocenters. The highest BCUT2D eigenvalue weighted by Crippen LogP contribution is 2.23. The molecular formula is C14H14N4O. The Balaban J connectivity index is 1.79. The summed E-state index contributed by atoms with van der Waals surface area (Å²) in [5, 5.41) is 10.8. The molecule has 1 aromatic carbocycles. The van der Waals surface area contributed by atoms with Gasteiger partial charge in [-0.3, -0.25) is 4.79 Å². The standard InChI is InChI=1S/C14H14N4O/c1-15-13-7-6-12(16-17-13)14(19)18-8-10-4-2-3-5-11(10)9-18/h2-7H,8-9H2,1H3,(H,15,17). The van der Waals surface area contributed by atoms with Crippen molar-refractivity contribution in [2.45, 2.75) is 13.1 Å². The van der Waals surface area contributed by atoms with E-state index < -0.39 is 0 Å². The van der Waals surface area contributed by atoms with Crippen LogP contribution in [-0.2, 0) is 13.1 Å². The van der Waals surface area contributed by atoms with Gasteiger partial charge in [-0.2, -0.15) is 0 Å². The summed E-state index contributed by atoms with van der Waals surface area (Å²) >= 11 is 0. The minimum atomic E-state index is -0.0775. The number of nitrogens with zero attached hydrogens (tertiary/aromatic N) is 3. The van der Waals surface area contributed by atoms with Crippen molar-refractivity contribution in [1.29, 1.82) is 0 Å². The van der Waals surface area contributed by atoms with Crippen molar-refractivity contribution in [1.82, 2.24) is 15.1 Å². The normalized spacial score (nSPS) is 13.2. The first-order valence-electron chi connectivity index (χ1n) is 6.15. The Bertz CT molecular complexity index is 584. The minimum Gasteiger partial charge on any atom is -0.372 e. The van der Waals surface area contributed by atoms with Crippen molar-refractivity contribution >= 4 is 11.7 Å². The molecule has 1 amide bonds. The van der Waals surface area contributed by atoms with E-state index in [0.717, 1.165) is 0 Å². The second-order valence-corrected chi connectivity index (χ2v) is 4.48. The fourth-order valence-electron chi connectivity index (χ4n) is 2.22. The van der Waals surface area contributed by atoms with Crippen LogP contribution in [0.25, 0.3) is 0 Å². The lowest BCUT2D eigenvalue weighted by Gasteiger charge is -2.14. The summed E-state index contributed by atoms with van der Waals surface area (Å²) in [7, 11) is 1.77. The molecule has 0 unspecified atom stereocenters. The predicted octanol–water partition coefficient (Wildman–Crippen LogP) is 1.67. The lowest BCUT2D eigenvalue weighted by atomic mass is 10.1. The first kappa shape index (κ1) is 11.6. The van der Waals surface area contributed by atoms with E-state index >= 15 is 0 Å². The topological polar surface area (TPSA) is 58.1 Å². The number of anilines is 1. The molecule has 0 aliphatic carbocycles. The van der Waals surface area contributed by atoms with E-state index in [-0.39, 0.29) is 5.91 Å². The van der Waals surface area contributed by atoms with Crippen LogP contribution < -0.4 is 5.32 Å². The molecular weight excluding hydrogens is 240 g/mol. The van der Waals surface area contributed by atoms with Gasteiger partial charge in [0.05, 0.1) is 0 Å². The summed E-state index contributed by atoms with van der Waals surface area (Å²) in [6.07, 6.45) is 0. The third kappa shape index (κ3) is 2.14. The minimum absolute atomic E-state index is 0.0775. The number of aromatic nitrogens is 2. The number of hydrogen-bond donors (Lipinski definition) is 1. The first-order valence-corrected chi connectivity index (χ1v) is 6.15. The van der Waals surface area contributed by atoms with Gasteiger partial charge in [-0.05, 0) is 23.3 Å². The second kappa shape index (κ2) is 4.68. The van der Waals surface area contributed by atoms with Crippen molar-refractivity contribution in [2.75, 3.05) is 12.4 Å². The number of nitrogens with one attached hydrogen (secondary N) is 1. The predicted molar refractivity (Wildman–Crippen MR) is 71.6 cm³/mol. The first-order chi connectivity index (χ1) is 9.28. The summed E-state index contributed by atoms with van der Waals surface area (Å²) in [5.41, 5.74) is 2.79. The van der Waals surface area contributed by atoms with Gasteiger partial charge in [-0.1, -0.05) is 24.3 Å². The fraction of sp³-hybridized carbons (Fsp3) is 0.214. The Morgan fingerprint density at radius 2 is 1.79 bits per heavy atom. The van der Waals surface area contributed by atoms with Crippen molar-refractivity contribution in [3.8, 4) is 0 Å². The van der Waals surface area contributed by atoms with Gasteiger partial charge >= 0.3 is 0 Å². The molecule has 0 saturated heterocycles. The van der Waals surface area contributed by atoms with Crippen LogP contribution in [0.15, 0.2) is 36.4 Å². The van der Waals surface area contributed by atoms with Crippen LogP contribution in [0.1, 0.15) is 21.6 Å². The molecule has 96 valence electrons. The smallest absolute Gasteiger partial charge is 0.274 e. The maximum atomic E-state index is 12.3. The maximum absolute atomic E-state index is 12.3. The Hall–Kier alpha value is -2.43. The molecule has 0 spiro atoms. The maximum Gasteiger partial charge on any atom is 0.274 e. The number of carbonyl (C=O) groups excluding carboxylic acids is 1. The van der Waals surface area contributed by atoms with Gasteiger partial charge in [-0.15, -0.1) is 10.2 Å². The van der Waals surface area contributed by atoms with E-state index in [1.54, 1.807) is 24.1 Å². The van der Waals surface area contributed by atoms with Crippen LogP contribution in [0, 0.1) is 0 Å². The van der Waals surface area contributed by atoms with Crippen molar-refractivity contribution in [2.24, 2.45) is 0 Å². The van der Waals surface area contributed by atoms with Gasteiger partial charge in [-0.25, -0.2) is 0 Å². The van der Waals surface area contributed by atoms with Gasteiger partial charge in [0.1, 0.15) is 5.82 Å². The van der Waals surface area contributed by atoms with Gasteiger partial charge < -0.3 is 10.2 Å². The summed E-state index contributed by atoms with van der Waals surface area (Å²) in [5.74, 6) is 0.576. The molecule has 1 aromatic heterocycles. The highest BCUT2D eigenvalue weighted by molar-refractivity contribution is 5.92. The van der Waals surface area contributed by atoms with Crippen LogP contribution in [-0.4, -0.2) is 28.1 Å². The molecule has 0 saturated carbocycles. The van der Waals surface area contributed by atoms with Crippen molar-refractivity contribution in [3.63, 3.8) is 0 Å². The lowest BCUT2D eigenvalue weighted by Crippen LogP contribution is -2.26. The van der Waals surface area contributed by atoms with E-state index in [1.165, 1.54) is 11.1 Å². The Kier molecular flexibility index (Phi) is 2.87. The van der Waals surface area contributed by atoms with Gasteiger partial charge in [0.2, 0.25) is 0 Å². The molecule has 5 heteroatoms. The van der Waals surface area contributed by atoms with Gasteiger partial charge in [0.25, 0.3) is 5.91 Å². The van der Waals surface area contributed by atoms with Crippen LogP contribution in [0.5, 0.6) is 0 Å². The zero-order valence-corrected chi connectivity index (χ0v) is 10.6. The van der Waals surface area contributed by atoms with Gasteiger partial charge in [0, 0.05) is 20.1 Å². The van der Waals surface area contributed by atoms with E-state index in [0.29, 0.717) is 24.6 Å². The van der Waals surface area contributed by atoms with E-state index in [2.05, 4.69) is 27.6 Å². The molecule has 5 nitrogen and oxygen atoms in total. The number of fused-ring (bicyclic) bond motifs is 1. The van der Waals surface area contributed by atoms with Gasteiger partial charge in [0.15, 0.2) is 5.69 Å². The number of benzene rings is 1. The Labute approximate surface area is 111 Å². The number of rotatable bonds is 2. The Morgan fingerprint density at radius 3 is 2.32 bits per heavy atom. The van der Waals surface area contributed by atoms with Crippen LogP contribution in [0.2, 0.25) is 0 Å². The Morgan fingerprint density at radius 1 is 1.11 bits per heavy atom. The summed E-state index contributed by atoms with van der Waals surface area (Å²) in [6, 6.07) is 11.5. The van der Waals surface area contributed by atoms with Crippen LogP contribution in [0.4, 0.5) is 5.82 Å². The van der Waals surface area contributed by atoms with Crippen LogP contribution in [0.3, 0.4) is 0 Å². The van der Waals surface area contributed by atoms with Crippen molar-refractivity contribution < 1.29 is 4.79 Å². The molecule has 1 aliphatic rings. The number of amides is 1. The molecule has 19 heavy (non-hydrogen) atoms. The van der Waals surface area contributed by atoms with Crippen LogP contribution >= 0.6 is 0 Å². The molecule has 2 aromatic rings. The molecule has 1 aliphatic heterocycles. The summed E-state index contributed by atoms with van der Waals surface area (Å²) in [4.78, 5) is 14.1. The SMILES string of the molecule is CNc1ccc(C(=O)N2Cc3ccccc3C2)nn1. The molecule has 2 heterocycles. The summed E-state index contributed by atoms with van der Waals surface area (Å²) in [6.45, 7) is 1.29. The lowest BCUT2D eigenvalue weighted by molar-refractivity contribution is 0.0744. The number of hydrogen-bond acceptors (Lipinski definition) is 4. The number of carbonyl (C=O) groups is 1. The van der Waals surface area contributed by atoms with E-state index in [9.17, 15) is 4.79 Å². The van der Waals surface area contributed by atoms with Crippen molar-refractivity contribution in [3.05, 3.63) is 53.2 Å². The average Bonchev–Trinajstić information content (AvgIpc) is 2.90. The second-order valence-electron chi connectivity index (χ2n) is 4.48. The third-order valence-electron chi connectivity index (χ3n) is 3.27. The third-order valence-corrected chi connectivity index (χ3v) is 3.27. The van der Waals surface area contributed by atoms with E-state index in [4.69, 9.17) is 0 Å².